The molecule has 1 fully saturated rings. The summed E-state index contributed by atoms with van der Waals surface area (Å²) >= 11 is 0. The minimum Gasteiger partial charge on any atom is -0.471 e. The van der Waals surface area contributed by atoms with Gasteiger partial charge in [-0.1, -0.05) is 6.07 Å². The van der Waals surface area contributed by atoms with Gasteiger partial charge in [0.25, 0.3) is 0 Å². The standard InChI is InChI=1S/C16H16N2O3/c1-12-4-2-6-15(17-12)21-14-10-18(11-14)16(19)8-7-13-5-3-9-20-13/h2-9,14H,10-11H2,1H3/b8-7+. The molecule has 1 aliphatic rings. The number of aromatic nitrogens is 1. The highest BCUT2D eigenvalue weighted by molar-refractivity contribution is 5.92. The summed E-state index contributed by atoms with van der Waals surface area (Å²) in [6.07, 6.45) is 4.77. The second-order valence-corrected chi connectivity index (χ2v) is 4.95. The number of carbonyl (C=O) groups is 1. The fraction of sp³-hybridized carbons (Fsp3) is 0.250. The molecule has 3 rings (SSSR count). The molecule has 1 amide bonds. The van der Waals surface area contributed by atoms with E-state index in [-0.39, 0.29) is 12.0 Å². The van der Waals surface area contributed by atoms with Crippen LogP contribution >= 0.6 is 0 Å². The van der Waals surface area contributed by atoms with Crippen LogP contribution in [-0.2, 0) is 4.79 Å². The number of pyridine rings is 1. The summed E-state index contributed by atoms with van der Waals surface area (Å²) in [5.74, 6) is 1.24. The second kappa shape index (κ2) is 5.83. The van der Waals surface area contributed by atoms with Crippen molar-refractivity contribution in [2.24, 2.45) is 0 Å². The normalized spacial score (nSPS) is 15.2. The molecular weight excluding hydrogens is 268 g/mol. The molecule has 0 aromatic carbocycles. The summed E-state index contributed by atoms with van der Waals surface area (Å²) in [6.45, 7) is 3.08. The summed E-state index contributed by atoms with van der Waals surface area (Å²) in [5.41, 5.74) is 0.918. The van der Waals surface area contributed by atoms with Crippen LogP contribution in [0.5, 0.6) is 5.88 Å². The third-order valence-electron chi connectivity index (χ3n) is 3.24. The molecule has 0 radical (unpaired) electrons. The van der Waals surface area contributed by atoms with E-state index in [1.165, 1.54) is 6.08 Å². The molecule has 2 aromatic heterocycles. The first-order chi connectivity index (χ1) is 10.2. The highest BCUT2D eigenvalue weighted by Gasteiger charge is 2.31. The highest BCUT2D eigenvalue weighted by atomic mass is 16.5. The number of ether oxygens (including phenoxy) is 1. The first-order valence-electron chi connectivity index (χ1n) is 6.81. The average molecular weight is 284 g/mol. The predicted molar refractivity (Wildman–Crippen MR) is 77.7 cm³/mol. The van der Waals surface area contributed by atoms with Gasteiger partial charge in [0, 0.05) is 17.8 Å². The van der Waals surface area contributed by atoms with Crippen molar-refractivity contribution in [3.8, 4) is 5.88 Å². The van der Waals surface area contributed by atoms with Gasteiger partial charge in [-0.05, 0) is 31.2 Å². The molecule has 0 atom stereocenters. The lowest BCUT2D eigenvalue weighted by Gasteiger charge is -2.38. The first-order valence-corrected chi connectivity index (χ1v) is 6.81. The van der Waals surface area contributed by atoms with Gasteiger partial charge < -0.3 is 14.1 Å². The molecule has 0 saturated carbocycles. The van der Waals surface area contributed by atoms with Gasteiger partial charge in [0.05, 0.1) is 19.4 Å². The number of aryl methyl sites for hydroxylation is 1. The second-order valence-electron chi connectivity index (χ2n) is 4.95. The molecule has 21 heavy (non-hydrogen) atoms. The Morgan fingerprint density at radius 1 is 1.38 bits per heavy atom. The van der Waals surface area contributed by atoms with Crippen molar-refractivity contribution >= 4 is 12.0 Å². The Morgan fingerprint density at radius 2 is 2.24 bits per heavy atom. The number of hydrogen-bond donors (Lipinski definition) is 0. The van der Waals surface area contributed by atoms with Gasteiger partial charge in [-0.15, -0.1) is 0 Å². The quantitative estimate of drug-likeness (QED) is 0.808. The van der Waals surface area contributed by atoms with Crippen molar-refractivity contribution in [1.29, 1.82) is 0 Å². The van der Waals surface area contributed by atoms with E-state index in [2.05, 4.69) is 4.98 Å². The summed E-state index contributed by atoms with van der Waals surface area (Å²) < 4.78 is 10.9. The highest BCUT2D eigenvalue weighted by Crippen LogP contribution is 2.17. The number of rotatable bonds is 4. The third kappa shape index (κ3) is 3.31. The van der Waals surface area contributed by atoms with Crippen LogP contribution in [0, 0.1) is 6.92 Å². The number of amides is 1. The SMILES string of the molecule is Cc1cccc(OC2CN(C(=O)/C=C/c3ccco3)C2)n1. The van der Waals surface area contributed by atoms with E-state index in [0.29, 0.717) is 24.7 Å². The molecule has 1 saturated heterocycles. The van der Waals surface area contributed by atoms with Gasteiger partial charge in [0.1, 0.15) is 11.9 Å². The van der Waals surface area contributed by atoms with Gasteiger partial charge >= 0.3 is 0 Å². The first kappa shape index (κ1) is 13.4. The maximum absolute atomic E-state index is 11.9. The minimum absolute atomic E-state index is 0.0141. The molecule has 0 aliphatic carbocycles. The van der Waals surface area contributed by atoms with Crippen LogP contribution in [0.25, 0.3) is 6.08 Å². The van der Waals surface area contributed by atoms with Gasteiger partial charge in [-0.3, -0.25) is 4.79 Å². The molecule has 108 valence electrons. The largest absolute Gasteiger partial charge is 0.471 e. The van der Waals surface area contributed by atoms with Gasteiger partial charge in [-0.25, -0.2) is 4.98 Å². The average Bonchev–Trinajstić information content (AvgIpc) is 2.93. The molecule has 0 spiro atoms. The number of likely N-dealkylation sites (tertiary alicyclic amines) is 1. The summed E-state index contributed by atoms with van der Waals surface area (Å²) in [4.78, 5) is 17.9. The fourth-order valence-electron chi connectivity index (χ4n) is 2.09. The van der Waals surface area contributed by atoms with Gasteiger partial charge in [-0.2, -0.15) is 0 Å². The maximum atomic E-state index is 11.9. The molecule has 5 nitrogen and oxygen atoms in total. The lowest BCUT2D eigenvalue weighted by molar-refractivity contribution is -0.134. The summed E-state index contributed by atoms with van der Waals surface area (Å²) in [5, 5.41) is 0. The topological polar surface area (TPSA) is 55.6 Å². The Kier molecular flexibility index (Phi) is 3.73. The number of hydrogen-bond acceptors (Lipinski definition) is 4. The zero-order chi connectivity index (χ0) is 14.7. The van der Waals surface area contributed by atoms with E-state index in [1.807, 2.05) is 25.1 Å². The van der Waals surface area contributed by atoms with E-state index in [9.17, 15) is 4.79 Å². The molecule has 5 heteroatoms. The maximum Gasteiger partial charge on any atom is 0.246 e. The van der Waals surface area contributed by atoms with Crippen LogP contribution in [0.1, 0.15) is 11.5 Å². The predicted octanol–water partition coefficient (Wildman–Crippen LogP) is 2.29. The molecular formula is C16H16N2O3. The molecule has 0 N–H and O–H groups in total. The molecule has 0 bridgehead atoms. The van der Waals surface area contributed by atoms with Crippen LogP contribution in [0.4, 0.5) is 0 Å². The Labute approximate surface area is 122 Å². The number of nitrogens with zero attached hydrogens (tertiary/aromatic N) is 2. The van der Waals surface area contributed by atoms with Crippen LogP contribution in [-0.4, -0.2) is 35.0 Å². The van der Waals surface area contributed by atoms with Crippen molar-refractivity contribution in [3.63, 3.8) is 0 Å². The Bertz CT molecular complexity index is 643. The van der Waals surface area contributed by atoms with Gasteiger partial charge in [0.2, 0.25) is 11.8 Å². The molecule has 3 heterocycles. The Balaban J connectivity index is 1.48. The van der Waals surface area contributed by atoms with Crippen LogP contribution in [0.3, 0.4) is 0 Å². The molecule has 0 unspecified atom stereocenters. The van der Waals surface area contributed by atoms with E-state index in [1.54, 1.807) is 29.4 Å². The lowest BCUT2D eigenvalue weighted by Crippen LogP contribution is -2.55. The monoisotopic (exact) mass is 284 g/mol. The van der Waals surface area contributed by atoms with Crippen LogP contribution in [0.15, 0.2) is 47.1 Å². The zero-order valence-electron chi connectivity index (χ0n) is 11.7. The Morgan fingerprint density at radius 3 is 2.95 bits per heavy atom. The molecule has 2 aromatic rings. The zero-order valence-corrected chi connectivity index (χ0v) is 11.7. The summed E-state index contributed by atoms with van der Waals surface area (Å²) in [7, 11) is 0. The summed E-state index contributed by atoms with van der Waals surface area (Å²) in [6, 6.07) is 9.24. The van der Waals surface area contributed by atoms with Crippen molar-refractivity contribution in [3.05, 3.63) is 54.1 Å². The van der Waals surface area contributed by atoms with Crippen molar-refractivity contribution < 1.29 is 13.9 Å². The van der Waals surface area contributed by atoms with E-state index in [4.69, 9.17) is 9.15 Å². The van der Waals surface area contributed by atoms with Crippen LogP contribution in [0.2, 0.25) is 0 Å². The van der Waals surface area contributed by atoms with E-state index >= 15 is 0 Å². The minimum atomic E-state index is -0.0385. The van der Waals surface area contributed by atoms with E-state index < -0.39 is 0 Å². The number of carbonyl (C=O) groups excluding carboxylic acids is 1. The fourth-order valence-corrected chi connectivity index (χ4v) is 2.09. The van der Waals surface area contributed by atoms with E-state index in [0.717, 1.165) is 5.69 Å². The molecule has 1 aliphatic heterocycles. The lowest BCUT2D eigenvalue weighted by atomic mass is 10.1. The van der Waals surface area contributed by atoms with Gasteiger partial charge in [0.15, 0.2) is 0 Å². The smallest absolute Gasteiger partial charge is 0.246 e. The van der Waals surface area contributed by atoms with Crippen molar-refractivity contribution in [2.75, 3.05) is 13.1 Å². The Hall–Kier alpha value is -2.56. The van der Waals surface area contributed by atoms with Crippen molar-refractivity contribution in [1.82, 2.24) is 9.88 Å². The number of furan rings is 1. The van der Waals surface area contributed by atoms with Crippen molar-refractivity contribution in [2.45, 2.75) is 13.0 Å². The van der Waals surface area contributed by atoms with Crippen LogP contribution < -0.4 is 4.74 Å². The third-order valence-corrected chi connectivity index (χ3v) is 3.24.